The quantitative estimate of drug-likeness (QED) is 0.184. The Morgan fingerprint density at radius 3 is 2.08 bits per heavy atom. The van der Waals surface area contributed by atoms with E-state index in [4.69, 9.17) is 14.2 Å². The molecule has 3 aromatic carbocycles. The third-order valence-electron chi connectivity index (χ3n) is 5.86. The van der Waals surface area contributed by atoms with Gasteiger partial charge < -0.3 is 19.5 Å². The number of nitrogens with zero attached hydrogens (tertiary/aromatic N) is 3. The van der Waals surface area contributed by atoms with Crippen LogP contribution < -0.4 is 19.5 Å². The number of rotatable bonds is 13. The third kappa shape index (κ3) is 6.93. The highest BCUT2D eigenvalue weighted by molar-refractivity contribution is 7.99. The van der Waals surface area contributed by atoms with E-state index in [-0.39, 0.29) is 17.5 Å². The molecule has 0 aliphatic rings. The first-order chi connectivity index (χ1) is 19.5. The van der Waals surface area contributed by atoms with E-state index in [1.54, 1.807) is 16.7 Å². The molecule has 0 bridgehead atoms. The Kier molecular flexibility index (Phi) is 10.0. The first-order valence-corrected chi connectivity index (χ1v) is 14.3. The SMILES string of the molecule is CCOc1cc(-c2nnc(SCC(=O)Nc3ccc(CC)cc3)n2-c2ccc(F)cc2)cc(OCC)c1OCC. The van der Waals surface area contributed by atoms with Crippen LogP contribution in [0.2, 0.25) is 0 Å². The Morgan fingerprint density at radius 1 is 0.875 bits per heavy atom. The molecule has 1 amide bonds. The number of amides is 1. The fraction of sp³-hybridized carbons (Fsp3) is 0.300. The van der Waals surface area contributed by atoms with Gasteiger partial charge in [-0.3, -0.25) is 9.36 Å². The largest absolute Gasteiger partial charge is 0.490 e. The van der Waals surface area contributed by atoms with Crippen molar-refractivity contribution in [1.29, 1.82) is 0 Å². The topological polar surface area (TPSA) is 87.5 Å². The van der Waals surface area contributed by atoms with E-state index < -0.39 is 0 Å². The number of carbonyl (C=O) groups excluding carboxylic acids is 1. The van der Waals surface area contributed by atoms with Gasteiger partial charge in [0.15, 0.2) is 22.5 Å². The Morgan fingerprint density at radius 2 is 1.50 bits per heavy atom. The van der Waals surface area contributed by atoms with E-state index in [2.05, 4.69) is 22.4 Å². The van der Waals surface area contributed by atoms with Crippen LogP contribution in [-0.4, -0.2) is 46.2 Å². The lowest BCUT2D eigenvalue weighted by Gasteiger charge is -2.17. The summed E-state index contributed by atoms with van der Waals surface area (Å²) in [5, 5.41) is 12.2. The van der Waals surface area contributed by atoms with E-state index in [0.29, 0.717) is 59.3 Å². The van der Waals surface area contributed by atoms with Crippen molar-refractivity contribution in [3.05, 3.63) is 72.0 Å². The summed E-state index contributed by atoms with van der Waals surface area (Å²) >= 11 is 1.23. The summed E-state index contributed by atoms with van der Waals surface area (Å²) in [5.74, 6) is 1.59. The van der Waals surface area contributed by atoms with Gasteiger partial charge in [0.05, 0.1) is 25.6 Å². The van der Waals surface area contributed by atoms with Crippen molar-refractivity contribution in [3.63, 3.8) is 0 Å². The normalized spacial score (nSPS) is 10.8. The van der Waals surface area contributed by atoms with Gasteiger partial charge in [-0.1, -0.05) is 30.8 Å². The molecule has 4 rings (SSSR count). The Balaban J connectivity index is 1.69. The second kappa shape index (κ2) is 13.8. The predicted octanol–water partition coefficient (Wildman–Crippen LogP) is 6.56. The lowest BCUT2D eigenvalue weighted by molar-refractivity contribution is -0.113. The first-order valence-electron chi connectivity index (χ1n) is 13.3. The minimum atomic E-state index is -0.362. The van der Waals surface area contributed by atoms with Crippen LogP contribution in [0.5, 0.6) is 17.2 Å². The number of carbonyl (C=O) groups is 1. The smallest absolute Gasteiger partial charge is 0.234 e. The average Bonchev–Trinajstić information content (AvgIpc) is 3.38. The van der Waals surface area contributed by atoms with Gasteiger partial charge in [0.25, 0.3) is 0 Å². The predicted molar refractivity (Wildman–Crippen MR) is 155 cm³/mol. The van der Waals surface area contributed by atoms with E-state index in [0.717, 1.165) is 12.1 Å². The van der Waals surface area contributed by atoms with Crippen molar-refractivity contribution in [3.8, 4) is 34.3 Å². The van der Waals surface area contributed by atoms with Gasteiger partial charge in [0, 0.05) is 16.9 Å². The molecule has 0 aliphatic carbocycles. The van der Waals surface area contributed by atoms with Crippen LogP contribution in [-0.2, 0) is 11.2 Å². The number of hydrogen-bond acceptors (Lipinski definition) is 7. The zero-order chi connectivity index (χ0) is 28.5. The number of thioether (sulfide) groups is 1. The Bertz CT molecular complexity index is 1400. The molecule has 0 spiro atoms. The minimum absolute atomic E-state index is 0.104. The maximum atomic E-state index is 13.8. The fourth-order valence-electron chi connectivity index (χ4n) is 4.04. The van der Waals surface area contributed by atoms with Gasteiger partial charge in [-0.2, -0.15) is 0 Å². The Labute approximate surface area is 237 Å². The molecule has 210 valence electrons. The molecule has 0 aliphatic heterocycles. The van der Waals surface area contributed by atoms with E-state index >= 15 is 0 Å². The number of aryl methyl sites for hydroxylation is 1. The monoisotopic (exact) mass is 564 g/mol. The third-order valence-corrected chi connectivity index (χ3v) is 6.79. The van der Waals surface area contributed by atoms with Crippen molar-refractivity contribution >= 4 is 23.4 Å². The zero-order valence-electron chi connectivity index (χ0n) is 23.1. The molecular weight excluding hydrogens is 531 g/mol. The Hall–Kier alpha value is -4.05. The second-order valence-electron chi connectivity index (χ2n) is 8.61. The molecule has 8 nitrogen and oxygen atoms in total. The molecule has 40 heavy (non-hydrogen) atoms. The minimum Gasteiger partial charge on any atom is -0.490 e. The molecule has 0 unspecified atom stereocenters. The van der Waals surface area contributed by atoms with Crippen molar-refractivity contribution < 1.29 is 23.4 Å². The highest BCUT2D eigenvalue weighted by Crippen LogP contribution is 2.42. The molecule has 0 atom stereocenters. The highest BCUT2D eigenvalue weighted by Gasteiger charge is 2.22. The molecule has 0 radical (unpaired) electrons. The standard InChI is InChI=1S/C30H33FN4O4S/c1-5-20-9-13-23(14-10-20)32-27(36)19-40-30-34-33-29(35(30)24-15-11-22(31)12-16-24)21-17-25(37-6-2)28(39-8-4)26(18-21)38-7-3/h9-18H,5-8,19H2,1-4H3,(H,32,36). The van der Waals surface area contributed by atoms with E-state index in [9.17, 15) is 9.18 Å². The van der Waals surface area contributed by atoms with E-state index in [1.807, 2.05) is 57.2 Å². The summed E-state index contributed by atoms with van der Waals surface area (Å²) < 4.78 is 33.2. The molecule has 1 heterocycles. The number of ether oxygens (including phenoxy) is 3. The molecule has 10 heteroatoms. The summed E-state index contributed by atoms with van der Waals surface area (Å²) in [6, 6.07) is 17.4. The average molecular weight is 565 g/mol. The van der Waals surface area contributed by atoms with Crippen LogP contribution in [0.25, 0.3) is 17.1 Å². The number of hydrogen-bond donors (Lipinski definition) is 1. The summed E-state index contributed by atoms with van der Waals surface area (Å²) in [5.41, 5.74) is 3.23. The van der Waals surface area contributed by atoms with E-state index in [1.165, 1.54) is 29.5 Å². The van der Waals surface area contributed by atoms with Crippen molar-refractivity contribution in [2.75, 3.05) is 30.9 Å². The van der Waals surface area contributed by atoms with Gasteiger partial charge in [-0.05, 0) is 81.3 Å². The molecule has 1 aromatic heterocycles. The summed E-state index contributed by atoms with van der Waals surface area (Å²) in [7, 11) is 0. The van der Waals surface area contributed by atoms with Crippen molar-refractivity contribution in [2.24, 2.45) is 0 Å². The van der Waals surface area contributed by atoms with Crippen LogP contribution in [0.15, 0.2) is 65.8 Å². The number of aromatic nitrogens is 3. The van der Waals surface area contributed by atoms with Crippen LogP contribution in [0.3, 0.4) is 0 Å². The van der Waals surface area contributed by atoms with Gasteiger partial charge in [0.2, 0.25) is 11.7 Å². The summed E-state index contributed by atoms with van der Waals surface area (Å²) in [6.07, 6.45) is 0.929. The lowest BCUT2D eigenvalue weighted by atomic mass is 10.1. The van der Waals surface area contributed by atoms with Crippen LogP contribution >= 0.6 is 11.8 Å². The summed E-state index contributed by atoms with van der Waals surface area (Å²) in [4.78, 5) is 12.8. The summed E-state index contributed by atoms with van der Waals surface area (Å²) in [6.45, 7) is 9.05. The van der Waals surface area contributed by atoms with Crippen molar-refractivity contribution in [2.45, 2.75) is 39.3 Å². The fourth-order valence-corrected chi connectivity index (χ4v) is 4.79. The zero-order valence-corrected chi connectivity index (χ0v) is 23.9. The van der Waals surface area contributed by atoms with Gasteiger partial charge in [-0.15, -0.1) is 10.2 Å². The maximum Gasteiger partial charge on any atom is 0.234 e. The van der Waals surface area contributed by atoms with Crippen molar-refractivity contribution in [1.82, 2.24) is 14.8 Å². The number of nitrogens with one attached hydrogen (secondary N) is 1. The molecule has 4 aromatic rings. The number of halogens is 1. The molecule has 0 fully saturated rings. The van der Waals surface area contributed by atoms with Crippen LogP contribution in [0.4, 0.5) is 10.1 Å². The van der Waals surface area contributed by atoms with Gasteiger partial charge in [0.1, 0.15) is 5.82 Å². The lowest BCUT2D eigenvalue weighted by Crippen LogP contribution is -2.14. The molecule has 0 saturated carbocycles. The number of benzene rings is 3. The first kappa shape index (κ1) is 28.9. The van der Waals surface area contributed by atoms with Crippen LogP contribution in [0.1, 0.15) is 33.3 Å². The van der Waals surface area contributed by atoms with Crippen LogP contribution in [0, 0.1) is 5.82 Å². The highest BCUT2D eigenvalue weighted by atomic mass is 32.2. The second-order valence-corrected chi connectivity index (χ2v) is 9.55. The molecule has 0 saturated heterocycles. The maximum absolute atomic E-state index is 13.8. The molecular formula is C30H33FN4O4S. The number of anilines is 1. The van der Waals surface area contributed by atoms with Gasteiger partial charge >= 0.3 is 0 Å². The molecule has 1 N–H and O–H groups in total. The van der Waals surface area contributed by atoms with Gasteiger partial charge in [-0.25, -0.2) is 4.39 Å².